The van der Waals surface area contributed by atoms with E-state index in [9.17, 15) is 17.6 Å². The van der Waals surface area contributed by atoms with Gasteiger partial charge in [-0.1, -0.05) is 12.1 Å². The Morgan fingerprint density at radius 2 is 1.66 bits per heavy atom. The second-order valence-corrected chi connectivity index (χ2v) is 10.7. The van der Waals surface area contributed by atoms with E-state index in [-0.39, 0.29) is 18.1 Å². The lowest BCUT2D eigenvalue weighted by Gasteiger charge is -2.36. The van der Waals surface area contributed by atoms with Gasteiger partial charge in [-0.3, -0.25) is 4.79 Å². The number of rotatable bonds is 5. The first-order valence-electron chi connectivity index (χ1n) is 9.81. The molecule has 1 aromatic heterocycles. The molecular weight excluding hydrogens is 413 g/mol. The highest BCUT2D eigenvalue weighted by molar-refractivity contribution is 7.91. The molecule has 2 aliphatic rings. The molecule has 0 aliphatic carbocycles. The molecule has 0 N–H and O–H groups in total. The lowest BCUT2D eigenvalue weighted by molar-refractivity contribution is -0.130. The van der Waals surface area contributed by atoms with Crippen LogP contribution in [0.5, 0.6) is 0 Å². The average molecular weight is 438 g/mol. The van der Waals surface area contributed by atoms with Crippen LogP contribution in [0.4, 0.5) is 10.1 Å². The van der Waals surface area contributed by atoms with Gasteiger partial charge in [0.05, 0.1) is 12.1 Å². The van der Waals surface area contributed by atoms with E-state index in [4.69, 9.17) is 0 Å². The van der Waals surface area contributed by atoms with Gasteiger partial charge in [-0.25, -0.2) is 12.8 Å². The van der Waals surface area contributed by atoms with Crippen LogP contribution in [0.1, 0.15) is 17.7 Å². The quantitative estimate of drug-likeness (QED) is 0.721. The minimum Gasteiger partial charge on any atom is -0.366 e. The molecule has 1 aromatic carbocycles. The van der Waals surface area contributed by atoms with Crippen LogP contribution < -0.4 is 4.90 Å². The second-order valence-electron chi connectivity index (χ2n) is 7.33. The van der Waals surface area contributed by atoms with Crippen LogP contribution in [0.15, 0.2) is 40.6 Å². The zero-order chi connectivity index (χ0) is 20.4. The Labute approximate surface area is 174 Å². The van der Waals surface area contributed by atoms with Gasteiger partial charge in [-0.15, -0.1) is 11.3 Å². The van der Waals surface area contributed by atoms with Crippen LogP contribution in [0, 0.1) is 5.82 Å². The molecule has 9 heteroatoms. The van der Waals surface area contributed by atoms with Crippen molar-refractivity contribution in [2.24, 2.45) is 0 Å². The molecule has 6 nitrogen and oxygen atoms in total. The molecule has 3 heterocycles. The monoisotopic (exact) mass is 437 g/mol. The van der Waals surface area contributed by atoms with E-state index in [1.54, 1.807) is 35.2 Å². The summed E-state index contributed by atoms with van der Waals surface area (Å²) in [6.07, 6.45) is 1.99. The molecule has 29 heavy (non-hydrogen) atoms. The van der Waals surface area contributed by atoms with E-state index in [2.05, 4.69) is 0 Å². The van der Waals surface area contributed by atoms with E-state index in [1.807, 2.05) is 4.90 Å². The van der Waals surface area contributed by atoms with Crippen molar-refractivity contribution < 1.29 is 17.6 Å². The Bertz CT molecular complexity index is 978. The van der Waals surface area contributed by atoms with Crippen LogP contribution in [0.3, 0.4) is 0 Å². The molecule has 0 saturated carbocycles. The number of hydrogen-bond acceptors (Lipinski definition) is 5. The number of piperazine rings is 1. The zero-order valence-corrected chi connectivity index (χ0v) is 17.7. The third-order valence-corrected chi connectivity index (χ3v) is 8.90. The molecule has 2 saturated heterocycles. The molecule has 2 fully saturated rings. The van der Waals surface area contributed by atoms with Crippen molar-refractivity contribution >= 4 is 33.0 Å². The molecule has 0 unspecified atom stereocenters. The van der Waals surface area contributed by atoms with Crippen molar-refractivity contribution in [3.63, 3.8) is 0 Å². The summed E-state index contributed by atoms with van der Waals surface area (Å²) in [6, 6.07) is 10.0. The van der Waals surface area contributed by atoms with Crippen molar-refractivity contribution in [1.29, 1.82) is 0 Å². The van der Waals surface area contributed by atoms with Crippen molar-refractivity contribution in [2.45, 2.75) is 23.5 Å². The number of para-hydroxylation sites is 1. The van der Waals surface area contributed by atoms with Gasteiger partial charge in [0.15, 0.2) is 0 Å². The van der Waals surface area contributed by atoms with E-state index in [0.29, 0.717) is 49.2 Å². The lowest BCUT2D eigenvalue weighted by Crippen LogP contribution is -2.49. The zero-order valence-electron chi connectivity index (χ0n) is 16.1. The first kappa shape index (κ1) is 20.3. The van der Waals surface area contributed by atoms with Crippen molar-refractivity contribution in [3.8, 4) is 0 Å². The highest BCUT2D eigenvalue weighted by atomic mass is 32.2. The number of carbonyl (C=O) groups is 1. The number of sulfonamides is 1. The van der Waals surface area contributed by atoms with Crippen molar-refractivity contribution in [2.75, 3.05) is 44.2 Å². The fourth-order valence-corrected chi connectivity index (χ4v) is 6.83. The molecule has 0 atom stereocenters. The van der Waals surface area contributed by atoms with E-state index in [1.165, 1.54) is 21.7 Å². The molecule has 0 bridgehead atoms. The number of benzene rings is 1. The molecule has 4 rings (SSSR count). The minimum absolute atomic E-state index is 0.0230. The Balaban J connectivity index is 1.35. The Hall–Kier alpha value is -1.97. The second kappa shape index (κ2) is 8.41. The van der Waals surface area contributed by atoms with Gasteiger partial charge >= 0.3 is 0 Å². The maximum Gasteiger partial charge on any atom is 0.252 e. The Morgan fingerprint density at radius 1 is 0.966 bits per heavy atom. The van der Waals surface area contributed by atoms with Crippen molar-refractivity contribution in [1.82, 2.24) is 9.21 Å². The number of nitrogens with zero attached hydrogens (tertiary/aromatic N) is 3. The number of thiophene rings is 1. The maximum absolute atomic E-state index is 14.0. The molecule has 2 aromatic rings. The number of hydrogen-bond donors (Lipinski definition) is 0. The van der Waals surface area contributed by atoms with Crippen LogP contribution in [-0.4, -0.2) is 62.8 Å². The SMILES string of the molecule is O=C(Cc1ccc(S(=O)(=O)N2CCCC2)s1)N1CCN(c2ccccc2F)CC1. The molecular formula is C20H24FN3O3S2. The van der Waals surface area contributed by atoms with Gasteiger partial charge in [0.2, 0.25) is 5.91 Å². The summed E-state index contributed by atoms with van der Waals surface area (Å²) in [4.78, 5) is 17.1. The summed E-state index contributed by atoms with van der Waals surface area (Å²) in [5.74, 6) is -0.275. The summed E-state index contributed by atoms with van der Waals surface area (Å²) in [5, 5.41) is 0. The third kappa shape index (κ3) is 4.31. The smallest absolute Gasteiger partial charge is 0.252 e. The van der Waals surface area contributed by atoms with Crippen molar-refractivity contribution in [3.05, 3.63) is 47.1 Å². The molecule has 1 amide bonds. The standard InChI is InChI=1S/C20H24FN3O3S2/c21-17-5-1-2-6-18(17)22-11-13-23(14-12-22)19(25)15-16-7-8-20(28-16)29(26,27)24-9-3-4-10-24/h1-2,5-8H,3-4,9-15H2. The number of amides is 1. The van der Waals surface area contributed by atoms with Gasteiger partial charge in [-0.2, -0.15) is 4.31 Å². The Kier molecular flexibility index (Phi) is 5.89. The van der Waals surface area contributed by atoms with Crippen LogP contribution in [0.25, 0.3) is 0 Å². The van der Waals surface area contributed by atoms with Crippen LogP contribution in [-0.2, 0) is 21.2 Å². The maximum atomic E-state index is 14.0. The molecule has 0 spiro atoms. The van der Waals surface area contributed by atoms with Gasteiger partial charge in [0.25, 0.3) is 10.0 Å². The van der Waals surface area contributed by atoms with Gasteiger partial charge < -0.3 is 9.80 Å². The average Bonchev–Trinajstić information content (AvgIpc) is 3.41. The summed E-state index contributed by atoms with van der Waals surface area (Å²) in [6.45, 7) is 3.34. The number of halogens is 1. The normalized spacial score (nSPS) is 18.4. The van der Waals surface area contributed by atoms with E-state index >= 15 is 0 Å². The summed E-state index contributed by atoms with van der Waals surface area (Å²) >= 11 is 1.18. The number of anilines is 1. The largest absolute Gasteiger partial charge is 0.366 e. The predicted molar refractivity (Wildman–Crippen MR) is 111 cm³/mol. The molecule has 2 aliphatic heterocycles. The van der Waals surface area contributed by atoms with E-state index < -0.39 is 10.0 Å². The van der Waals surface area contributed by atoms with Gasteiger partial charge in [0.1, 0.15) is 10.0 Å². The summed E-state index contributed by atoms with van der Waals surface area (Å²) in [7, 11) is -3.44. The first-order valence-corrected chi connectivity index (χ1v) is 12.1. The lowest BCUT2D eigenvalue weighted by atomic mass is 10.2. The summed E-state index contributed by atoms with van der Waals surface area (Å²) in [5.41, 5.74) is 0.564. The first-order chi connectivity index (χ1) is 13.9. The van der Waals surface area contributed by atoms with Gasteiger partial charge in [-0.05, 0) is 37.1 Å². The topological polar surface area (TPSA) is 60.9 Å². The fraction of sp³-hybridized carbons (Fsp3) is 0.450. The molecule has 0 radical (unpaired) electrons. The molecule has 156 valence electrons. The predicted octanol–water partition coefficient (Wildman–Crippen LogP) is 2.56. The fourth-order valence-electron chi connectivity index (χ4n) is 3.81. The van der Waals surface area contributed by atoms with Gasteiger partial charge in [0, 0.05) is 44.1 Å². The number of carbonyl (C=O) groups excluding carboxylic acids is 1. The third-order valence-electron chi connectivity index (χ3n) is 5.45. The Morgan fingerprint density at radius 3 is 2.34 bits per heavy atom. The highest BCUT2D eigenvalue weighted by Crippen LogP contribution is 2.28. The van der Waals surface area contributed by atoms with E-state index in [0.717, 1.165) is 17.7 Å². The summed E-state index contributed by atoms with van der Waals surface area (Å²) < 4.78 is 41.1. The van der Waals surface area contributed by atoms with Crippen LogP contribution >= 0.6 is 11.3 Å². The van der Waals surface area contributed by atoms with Crippen LogP contribution in [0.2, 0.25) is 0 Å². The highest BCUT2D eigenvalue weighted by Gasteiger charge is 2.29. The minimum atomic E-state index is -3.44.